The molecule has 0 saturated heterocycles. The van der Waals surface area contributed by atoms with Gasteiger partial charge in [0.05, 0.1) is 11.0 Å². The quantitative estimate of drug-likeness (QED) is 0.729. The maximum atomic E-state index is 11.0. The molecule has 0 saturated carbocycles. The van der Waals surface area contributed by atoms with Crippen LogP contribution in [0.15, 0.2) is 36.5 Å². The smallest absolute Gasteiger partial charge is 0.323 e. The van der Waals surface area contributed by atoms with Crippen LogP contribution in [0.5, 0.6) is 0 Å². The summed E-state index contributed by atoms with van der Waals surface area (Å²) in [6, 6.07) is 9.20. The van der Waals surface area contributed by atoms with Crippen molar-refractivity contribution in [2.24, 2.45) is 0 Å². The third kappa shape index (κ3) is 1.64. The summed E-state index contributed by atoms with van der Waals surface area (Å²) in [5.74, 6) is -0.324. The first-order valence-electron chi connectivity index (χ1n) is 5.42. The average Bonchev–Trinajstić information content (AvgIpc) is 2.96. The van der Waals surface area contributed by atoms with Gasteiger partial charge in [0.2, 0.25) is 0 Å². The number of aromatic nitrogens is 4. The molecule has 1 aromatic carbocycles. The van der Waals surface area contributed by atoms with E-state index >= 15 is 0 Å². The van der Waals surface area contributed by atoms with E-state index < -0.39 is 5.97 Å². The molecule has 18 heavy (non-hydrogen) atoms. The van der Waals surface area contributed by atoms with E-state index in [0.29, 0.717) is 11.5 Å². The molecule has 0 unspecified atom stereocenters. The lowest BCUT2D eigenvalue weighted by molar-refractivity contribution is -0.137. The zero-order valence-electron chi connectivity index (χ0n) is 9.37. The highest BCUT2D eigenvalue weighted by Crippen LogP contribution is 2.22. The van der Waals surface area contributed by atoms with Crippen LogP contribution in [0.2, 0.25) is 0 Å². The van der Waals surface area contributed by atoms with Crippen LogP contribution >= 0.6 is 0 Å². The third-order valence-electron chi connectivity index (χ3n) is 2.69. The molecule has 6 nitrogen and oxygen atoms in total. The summed E-state index contributed by atoms with van der Waals surface area (Å²) in [4.78, 5) is 15.4. The normalized spacial score (nSPS) is 10.9. The molecule has 0 spiro atoms. The highest BCUT2D eigenvalue weighted by molar-refractivity contribution is 5.82. The van der Waals surface area contributed by atoms with Gasteiger partial charge in [0.1, 0.15) is 12.2 Å². The standard InChI is InChI=1S/C12H10N4O2/c17-11(18)7-16-10-4-2-1-3-8(10)14-12(16)9-5-6-13-15-9/h1-6H,7H2,(H,13,15)(H,17,18). The fourth-order valence-corrected chi connectivity index (χ4v) is 1.96. The lowest BCUT2D eigenvalue weighted by Gasteiger charge is -2.04. The van der Waals surface area contributed by atoms with Crippen LogP contribution in [0.1, 0.15) is 0 Å². The summed E-state index contributed by atoms with van der Waals surface area (Å²) in [5, 5.41) is 15.7. The van der Waals surface area contributed by atoms with Crippen molar-refractivity contribution in [3.63, 3.8) is 0 Å². The van der Waals surface area contributed by atoms with E-state index in [1.54, 1.807) is 16.8 Å². The number of imidazole rings is 1. The minimum atomic E-state index is -0.904. The summed E-state index contributed by atoms with van der Waals surface area (Å²) < 4.78 is 1.66. The van der Waals surface area contributed by atoms with Gasteiger partial charge in [-0.2, -0.15) is 5.10 Å². The van der Waals surface area contributed by atoms with Crippen molar-refractivity contribution in [2.75, 3.05) is 0 Å². The largest absolute Gasteiger partial charge is 0.480 e. The van der Waals surface area contributed by atoms with E-state index in [0.717, 1.165) is 11.0 Å². The zero-order chi connectivity index (χ0) is 12.5. The summed E-state index contributed by atoms with van der Waals surface area (Å²) in [5.41, 5.74) is 2.26. The molecule has 0 radical (unpaired) electrons. The number of hydrogen-bond donors (Lipinski definition) is 2. The first kappa shape index (κ1) is 10.5. The molecular weight excluding hydrogens is 232 g/mol. The summed E-state index contributed by atoms with van der Waals surface area (Å²) in [6.45, 7) is -0.130. The maximum absolute atomic E-state index is 11.0. The van der Waals surface area contributed by atoms with Crippen LogP contribution in [-0.4, -0.2) is 30.8 Å². The summed E-state index contributed by atoms with van der Waals surface area (Å²) in [6.07, 6.45) is 1.61. The van der Waals surface area contributed by atoms with Crippen molar-refractivity contribution in [2.45, 2.75) is 6.54 Å². The molecule has 0 aliphatic carbocycles. The Labute approximate surface area is 102 Å². The number of aliphatic carboxylic acids is 1. The molecule has 2 N–H and O–H groups in total. The number of rotatable bonds is 3. The van der Waals surface area contributed by atoms with Gasteiger partial charge in [-0.15, -0.1) is 0 Å². The number of para-hydroxylation sites is 2. The monoisotopic (exact) mass is 242 g/mol. The Morgan fingerprint density at radius 3 is 2.89 bits per heavy atom. The molecule has 0 fully saturated rings. The van der Waals surface area contributed by atoms with Gasteiger partial charge < -0.3 is 9.67 Å². The molecule has 0 atom stereocenters. The number of carbonyl (C=O) groups is 1. The van der Waals surface area contributed by atoms with E-state index in [9.17, 15) is 4.79 Å². The highest BCUT2D eigenvalue weighted by Gasteiger charge is 2.15. The number of aromatic amines is 1. The number of carboxylic acids is 1. The topological polar surface area (TPSA) is 83.8 Å². The second-order valence-corrected chi connectivity index (χ2v) is 3.87. The Bertz CT molecular complexity index is 700. The average molecular weight is 242 g/mol. The highest BCUT2D eigenvalue weighted by atomic mass is 16.4. The SMILES string of the molecule is O=C(O)Cn1c(-c2ccn[nH]2)nc2ccccc21. The van der Waals surface area contributed by atoms with Crippen LogP contribution in [0.3, 0.4) is 0 Å². The summed E-state index contributed by atoms with van der Waals surface area (Å²) in [7, 11) is 0. The van der Waals surface area contributed by atoms with Crippen molar-refractivity contribution in [3.8, 4) is 11.5 Å². The van der Waals surface area contributed by atoms with E-state index in [-0.39, 0.29) is 6.54 Å². The van der Waals surface area contributed by atoms with Gasteiger partial charge in [0, 0.05) is 6.20 Å². The lowest BCUT2D eigenvalue weighted by atomic mass is 10.3. The molecule has 2 heterocycles. The number of carboxylic acid groups (broad SMARTS) is 1. The van der Waals surface area contributed by atoms with Gasteiger partial charge in [-0.05, 0) is 18.2 Å². The number of hydrogen-bond acceptors (Lipinski definition) is 3. The van der Waals surface area contributed by atoms with Gasteiger partial charge in [0.15, 0.2) is 5.82 Å². The Kier molecular flexibility index (Phi) is 2.33. The predicted molar refractivity (Wildman–Crippen MR) is 65.0 cm³/mol. The Morgan fingerprint density at radius 1 is 1.33 bits per heavy atom. The van der Waals surface area contributed by atoms with Crippen molar-refractivity contribution >= 4 is 17.0 Å². The number of H-pyrrole nitrogens is 1. The zero-order valence-corrected chi connectivity index (χ0v) is 9.37. The molecular formula is C12H10N4O2. The molecule has 3 aromatic rings. The van der Waals surface area contributed by atoms with Crippen molar-refractivity contribution in [3.05, 3.63) is 36.5 Å². The van der Waals surface area contributed by atoms with Gasteiger partial charge in [-0.1, -0.05) is 12.1 Å². The fraction of sp³-hybridized carbons (Fsp3) is 0.0833. The van der Waals surface area contributed by atoms with E-state index in [1.165, 1.54) is 0 Å². The minimum Gasteiger partial charge on any atom is -0.480 e. The minimum absolute atomic E-state index is 0.130. The molecule has 3 rings (SSSR count). The number of nitrogens with zero attached hydrogens (tertiary/aromatic N) is 3. The van der Waals surface area contributed by atoms with Crippen LogP contribution in [0.4, 0.5) is 0 Å². The third-order valence-corrected chi connectivity index (χ3v) is 2.69. The van der Waals surface area contributed by atoms with Gasteiger partial charge in [0.25, 0.3) is 0 Å². The molecule has 0 aliphatic rings. The van der Waals surface area contributed by atoms with E-state index in [1.807, 2.05) is 24.3 Å². The van der Waals surface area contributed by atoms with Crippen molar-refractivity contribution in [1.29, 1.82) is 0 Å². The van der Waals surface area contributed by atoms with Gasteiger partial charge in [-0.3, -0.25) is 9.89 Å². The van der Waals surface area contributed by atoms with Gasteiger partial charge in [-0.25, -0.2) is 4.98 Å². The Balaban J connectivity index is 2.26. The van der Waals surface area contributed by atoms with Gasteiger partial charge >= 0.3 is 5.97 Å². The van der Waals surface area contributed by atoms with Crippen LogP contribution in [0.25, 0.3) is 22.6 Å². The van der Waals surface area contributed by atoms with Crippen molar-refractivity contribution < 1.29 is 9.90 Å². The van der Waals surface area contributed by atoms with E-state index in [4.69, 9.17) is 5.11 Å². The molecule has 0 amide bonds. The number of benzene rings is 1. The first-order chi connectivity index (χ1) is 8.75. The molecule has 0 aliphatic heterocycles. The van der Waals surface area contributed by atoms with E-state index in [2.05, 4.69) is 15.2 Å². The Hall–Kier alpha value is -2.63. The number of fused-ring (bicyclic) bond motifs is 1. The first-order valence-corrected chi connectivity index (χ1v) is 5.42. The second kappa shape index (κ2) is 3.99. The molecule has 6 heteroatoms. The Morgan fingerprint density at radius 2 is 2.17 bits per heavy atom. The van der Waals surface area contributed by atoms with Crippen molar-refractivity contribution in [1.82, 2.24) is 19.7 Å². The van der Waals surface area contributed by atoms with Crippen LogP contribution in [0, 0.1) is 0 Å². The molecule has 0 bridgehead atoms. The molecule has 90 valence electrons. The molecule has 2 aromatic heterocycles. The second-order valence-electron chi connectivity index (χ2n) is 3.87. The fourth-order valence-electron chi connectivity index (χ4n) is 1.96. The predicted octanol–water partition coefficient (Wildman–Crippen LogP) is 1.51. The maximum Gasteiger partial charge on any atom is 0.323 e. The lowest BCUT2D eigenvalue weighted by Crippen LogP contribution is -2.10. The summed E-state index contributed by atoms with van der Waals surface area (Å²) >= 11 is 0. The van der Waals surface area contributed by atoms with Crippen LogP contribution in [-0.2, 0) is 11.3 Å². The van der Waals surface area contributed by atoms with Crippen LogP contribution < -0.4 is 0 Å². The number of nitrogens with one attached hydrogen (secondary N) is 1.